The summed E-state index contributed by atoms with van der Waals surface area (Å²) in [5.74, 6) is 1.01. The number of rotatable bonds is 4. The molecule has 0 bridgehead atoms. The van der Waals surface area contributed by atoms with E-state index in [1.165, 1.54) is 12.7 Å². The quantitative estimate of drug-likeness (QED) is 0.761. The van der Waals surface area contributed by atoms with Crippen LogP contribution in [0.25, 0.3) is 5.65 Å². The molecule has 7 heteroatoms. The van der Waals surface area contributed by atoms with E-state index >= 15 is 0 Å². The molecule has 1 atom stereocenters. The van der Waals surface area contributed by atoms with Crippen molar-refractivity contribution in [2.45, 2.75) is 12.8 Å². The first kappa shape index (κ1) is 14.8. The van der Waals surface area contributed by atoms with E-state index in [0.29, 0.717) is 22.9 Å². The second-order valence-electron chi connectivity index (χ2n) is 6.04. The van der Waals surface area contributed by atoms with Gasteiger partial charge in [-0.25, -0.2) is 4.98 Å². The molecule has 4 heterocycles. The van der Waals surface area contributed by atoms with Crippen LogP contribution in [-0.2, 0) is 6.42 Å². The van der Waals surface area contributed by atoms with Crippen LogP contribution < -0.4 is 10.6 Å². The van der Waals surface area contributed by atoms with Gasteiger partial charge in [-0.3, -0.25) is 9.78 Å². The van der Waals surface area contributed by atoms with Gasteiger partial charge >= 0.3 is 0 Å². The molecule has 122 valence electrons. The molecule has 1 fully saturated rings. The zero-order valence-corrected chi connectivity index (χ0v) is 13.1. The van der Waals surface area contributed by atoms with Gasteiger partial charge in [-0.2, -0.15) is 9.61 Å². The van der Waals surface area contributed by atoms with Crippen molar-refractivity contribution in [1.29, 1.82) is 0 Å². The smallest absolute Gasteiger partial charge is 0.258 e. The van der Waals surface area contributed by atoms with Crippen molar-refractivity contribution < 1.29 is 4.79 Å². The number of nitrogens with one attached hydrogen (secondary N) is 2. The first-order chi connectivity index (χ1) is 11.8. The van der Waals surface area contributed by atoms with E-state index in [1.807, 2.05) is 24.4 Å². The fraction of sp³-hybridized carbons (Fsp3) is 0.294. The van der Waals surface area contributed by atoms with Crippen LogP contribution >= 0.6 is 0 Å². The molecule has 4 rings (SSSR count). The number of amides is 1. The largest absolute Gasteiger partial charge is 0.316 e. The standard InChI is InChI=1S/C17H18N6O/c24-17(22-16-3-1-2-15-20-11-21-23(15)16)14-7-13(9-19-10-14)6-12-4-5-18-8-12/h1-3,7,9-12,18H,4-6,8H2,(H,22,24). The van der Waals surface area contributed by atoms with Crippen molar-refractivity contribution in [1.82, 2.24) is 24.9 Å². The Hall–Kier alpha value is -2.80. The summed E-state index contributed by atoms with van der Waals surface area (Å²) in [6, 6.07) is 7.38. The molecule has 0 aliphatic carbocycles. The van der Waals surface area contributed by atoms with Gasteiger partial charge in [-0.15, -0.1) is 0 Å². The van der Waals surface area contributed by atoms with Gasteiger partial charge < -0.3 is 10.6 Å². The molecule has 3 aromatic heterocycles. The van der Waals surface area contributed by atoms with Gasteiger partial charge in [0.1, 0.15) is 12.1 Å². The van der Waals surface area contributed by atoms with E-state index in [4.69, 9.17) is 0 Å². The van der Waals surface area contributed by atoms with Crippen molar-refractivity contribution in [3.8, 4) is 0 Å². The van der Waals surface area contributed by atoms with Crippen molar-refractivity contribution in [2.24, 2.45) is 5.92 Å². The van der Waals surface area contributed by atoms with Gasteiger partial charge in [0.2, 0.25) is 0 Å². The third kappa shape index (κ3) is 2.98. The Bertz CT molecular complexity index is 868. The molecular formula is C17H18N6O. The predicted octanol–water partition coefficient (Wildman–Crippen LogP) is 1.53. The Balaban J connectivity index is 1.52. The van der Waals surface area contributed by atoms with Crippen LogP contribution in [0, 0.1) is 5.92 Å². The van der Waals surface area contributed by atoms with Gasteiger partial charge in [-0.1, -0.05) is 6.07 Å². The van der Waals surface area contributed by atoms with Gasteiger partial charge in [0.05, 0.1) is 5.56 Å². The van der Waals surface area contributed by atoms with E-state index in [9.17, 15) is 4.79 Å². The summed E-state index contributed by atoms with van der Waals surface area (Å²) in [5.41, 5.74) is 2.33. The van der Waals surface area contributed by atoms with E-state index in [0.717, 1.165) is 25.1 Å². The van der Waals surface area contributed by atoms with Gasteiger partial charge in [0, 0.05) is 12.4 Å². The molecule has 1 amide bonds. The zero-order chi connectivity index (χ0) is 16.4. The lowest BCUT2D eigenvalue weighted by Gasteiger charge is -2.10. The lowest BCUT2D eigenvalue weighted by molar-refractivity contribution is 0.102. The molecule has 7 nitrogen and oxygen atoms in total. The van der Waals surface area contributed by atoms with E-state index < -0.39 is 0 Å². The first-order valence-electron chi connectivity index (χ1n) is 8.04. The van der Waals surface area contributed by atoms with Crippen LogP contribution in [0.15, 0.2) is 43.0 Å². The molecule has 0 spiro atoms. The number of carbonyl (C=O) groups excluding carboxylic acids is 1. The lowest BCUT2D eigenvalue weighted by Crippen LogP contribution is -2.16. The number of nitrogens with zero attached hydrogens (tertiary/aromatic N) is 4. The van der Waals surface area contributed by atoms with Crippen LogP contribution in [-0.4, -0.2) is 38.6 Å². The van der Waals surface area contributed by atoms with E-state index in [-0.39, 0.29) is 5.91 Å². The summed E-state index contributed by atoms with van der Waals surface area (Å²) in [5, 5.41) is 10.4. The second-order valence-corrected chi connectivity index (χ2v) is 6.04. The van der Waals surface area contributed by atoms with Crippen LogP contribution in [0.2, 0.25) is 0 Å². The van der Waals surface area contributed by atoms with Crippen molar-refractivity contribution in [2.75, 3.05) is 18.4 Å². The number of hydrogen-bond donors (Lipinski definition) is 2. The van der Waals surface area contributed by atoms with Gasteiger partial charge in [-0.05, 0) is 55.6 Å². The monoisotopic (exact) mass is 322 g/mol. The minimum atomic E-state index is -0.197. The Morgan fingerprint density at radius 2 is 2.33 bits per heavy atom. The minimum Gasteiger partial charge on any atom is -0.316 e. The van der Waals surface area contributed by atoms with Crippen molar-refractivity contribution in [3.05, 3.63) is 54.1 Å². The molecule has 1 aliphatic rings. The molecular weight excluding hydrogens is 304 g/mol. The number of carbonyl (C=O) groups is 1. The highest BCUT2D eigenvalue weighted by Gasteiger charge is 2.16. The number of aromatic nitrogens is 4. The number of fused-ring (bicyclic) bond motifs is 1. The molecule has 0 saturated carbocycles. The maximum Gasteiger partial charge on any atom is 0.258 e. The third-order valence-corrected chi connectivity index (χ3v) is 4.29. The molecule has 1 saturated heterocycles. The molecule has 0 aromatic carbocycles. The van der Waals surface area contributed by atoms with Crippen molar-refractivity contribution >= 4 is 17.4 Å². The Morgan fingerprint density at radius 3 is 3.21 bits per heavy atom. The summed E-state index contributed by atoms with van der Waals surface area (Å²) >= 11 is 0. The molecule has 2 N–H and O–H groups in total. The van der Waals surface area contributed by atoms with E-state index in [2.05, 4.69) is 25.7 Å². The Kier molecular flexibility index (Phi) is 3.92. The highest BCUT2D eigenvalue weighted by Crippen LogP contribution is 2.16. The Labute approximate surface area is 139 Å². The second kappa shape index (κ2) is 6.37. The maximum atomic E-state index is 12.5. The highest BCUT2D eigenvalue weighted by atomic mass is 16.1. The summed E-state index contributed by atoms with van der Waals surface area (Å²) < 4.78 is 1.60. The summed E-state index contributed by atoms with van der Waals surface area (Å²) in [6.07, 6.45) is 7.01. The molecule has 0 radical (unpaired) electrons. The predicted molar refractivity (Wildman–Crippen MR) is 89.9 cm³/mol. The topological polar surface area (TPSA) is 84.2 Å². The highest BCUT2D eigenvalue weighted by molar-refractivity contribution is 6.03. The van der Waals surface area contributed by atoms with E-state index in [1.54, 1.807) is 16.8 Å². The summed E-state index contributed by atoms with van der Waals surface area (Å²) in [4.78, 5) is 20.9. The average Bonchev–Trinajstić information content (AvgIpc) is 3.27. The molecule has 3 aromatic rings. The Morgan fingerprint density at radius 1 is 1.38 bits per heavy atom. The minimum absolute atomic E-state index is 0.197. The number of pyridine rings is 2. The number of anilines is 1. The molecule has 1 unspecified atom stereocenters. The lowest BCUT2D eigenvalue weighted by atomic mass is 9.99. The normalized spacial score (nSPS) is 17.2. The summed E-state index contributed by atoms with van der Waals surface area (Å²) in [7, 11) is 0. The van der Waals surface area contributed by atoms with Crippen LogP contribution in [0.4, 0.5) is 5.82 Å². The zero-order valence-electron chi connectivity index (χ0n) is 13.1. The summed E-state index contributed by atoms with van der Waals surface area (Å²) in [6.45, 7) is 2.10. The van der Waals surface area contributed by atoms with Crippen LogP contribution in [0.5, 0.6) is 0 Å². The fourth-order valence-electron chi connectivity index (χ4n) is 3.07. The fourth-order valence-corrected chi connectivity index (χ4v) is 3.07. The van der Waals surface area contributed by atoms with Gasteiger partial charge in [0.25, 0.3) is 5.91 Å². The maximum absolute atomic E-state index is 12.5. The average molecular weight is 322 g/mol. The van der Waals surface area contributed by atoms with Gasteiger partial charge in [0.15, 0.2) is 5.65 Å². The third-order valence-electron chi connectivity index (χ3n) is 4.29. The first-order valence-corrected chi connectivity index (χ1v) is 8.04. The molecule has 1 aliphatic heterocycles. The molecule has 24 heavy (non-hydrogen) atoms. The number of hydrogen-bond acceptors (Lipinski definition) is 5. The van der Waals surface area contributed by atoms with Crippen molar-refractivity contribution in [3.63, 3.8) is 0 Å². The van der Waals surface area contributed by atoms with Crippen LogP contribution in [0.3, 0.4) is 0 Å². The van der Waals surface area contributed by atoms with Crippen LogP contribution in [0.1, 0.15) is 22.3 Å². The SMILES string of the molecule is O=C(Nc1cccc2ncnn12)c1cncc(CC2CCNC2)c1.